The van der Waals surface area contributed by atoms with Crippen molar-refractivity contribution in [2.24, 2.45) is 0 Å². The minimum atomic E-state index is 0.130. The number of hydrogen-bond donors (Lipinski definition) is 0. The molecule has 0 radical (unpaired) electrons. The molecular formula is C15H13Cl2N3OS. The van der Waals surface area contributed by atoms with E-state index >= 15 is 0 Å². The number of rotatable bonds is 3. The Morgan fingerprint density at radius 1 is 1.27 bits per heavy atom. The zero-order valence-corrected chi connectivity index (χ0v) is 14.0. The molecule has 1 aromatic heterocycles. The third-order valence-electron chi connectivity index (χ3n) is 3.60. The van der Waals surface area contributed by atoms with Crippen molar-refractivity contribution in [3.05, 3.63) is 40.0 Å². The quantitative estimate of drug-likeness (QED) is 0.821. The van der Waals surface area contributed by atoms with Crippen LogP contribution in [0.5, 0.6) is 5.75 Å². The predicted octanol–water partition coefficient (Wildman–Crippen LogP) is 4.37. The summed E-state index contributed by atoms with van der Waals surface area (Å²) >= 11 is 13.3. The van der Waals surface area contributed by atoms with Crippen molar-refractivity contribution in [1.82, 2.24) is 4.37 Å². The number of para-hydroxylation sites is 1. The van der Waals surface area contributed by atoms with Crippen LogP contribution >= 0.6 is 34.7 Å². The van der Waals surface area contributed by atoms with Gasteiger partial charge in [-0.25, -0.2) is 0 Å². The Morgan fingerprint density at radius 3 is 2.68 bits per heavy atom. The Bertz CT molecular complexity index is 705. The molecule has 0 unspecified atom stereocenters. The number of nitrogens with zero attached hydrogens (tertiary/aromatic N) is 3. The molecular weight excluding hydrogens is 341 g/mol. The van der Waals surface area contributed by atoms with Crippen LogP contribution in [0.1, 0.15) is 18.4 Å². The van der Waals surface area contributed by atoms with E-state index in [9.17, 15) is 0 Å². The first kappa shape index (κ1) is 15.4. The standard InChI is InChI=1S/C15H13Cl2N3OS/c16-12-3-1-2-4-13(12)21-10-5-7-20(8-6-10)15-11(9-18)14(17)19-22-15/h1-4,10H,5-8H2. The molecule has 1 aliphatic heterocycles. The van der Waals surface area contributed by atoms with Crippen LogP contribution in [0.3, 0.4) is 0 Å². The Morgan fingerprint density at radius 2 is 2.00 bits per heavy atom. The molecule has 1 aromatic carbocycles. The summed E-state index contributed by atoms with van der Waals surface area (Å²) in [6.07, 6.45) is 1.86. The van der Waals surface area contributed by atoms with E-state index < -0.39 is 0 Å². The number of anilines is 1. The molecule has 4 nitrogen and oxygen atoms in total. The molecule has 0 amide bonds. The molecule has 2 aromatic rings. The fraction of sp³-hybridized carbons (Fsp3) is 0.333. The number of benzene rings is 1. The molecule has 0 aliphatic carbocycles. The summed E-state index contributed by atoms with van der Waals surface area (Å²) in [4.78, 5) is 2.15. The lowest BCUT2D eigenvalue weighted by molar-refractivity contribution is 0.171. The maximum atomic E-state index is 9.16. The maximum absolute atomic E-state index is 9.16. The third-order valence-corrected chi connectivity index (χ3v) is 5.20. The van der Waals surface area contributed by atoms with Gasteiger partial charge in [-0.1, -0.05) is 35.3 Å². The van der Waals surface area contributed by atoms with Crippen molar-refractivity contribution in [1.29, 1.82) is 5.26 Å². The summed E-state index contributed by atoms with van der Waals surface area (Å²) in [5.74, 6) is 0.723. The zero-order valence-electron chi connectivity index (χ0n) is 11.6. The van der Waals surface area contributed by atoms with Crippen LogP contribution in [0.15, 0.2) is 24.3 Å². The van der Waals surface area contributed by atoms with Gasteiger partial charge in [-0.15, -0.1) is 0 Å². The molecule has 1 fully saturated rings. The van der Waals surface area contributed by atoms with E-state index in [0.717, 1.165) is 36.7 Å². The predicted molar refractivity (Wildman–Crippen MR) is 89.2 cm³/mol. The van der Waals surface area contributed by atoms with Gasteiger partial charge in [0.1, 0.15) is 28.5 Å². The van der Waals surface area contributed by atoms with Crippen molar-refractivity contribution >= 4 is 39.7 Å². The SMILES string of the molecule is N#Cc1c(Cl)nsc1N1CCC(Oc2ccccc2Cl)CC1. The first-order chi connectivity index (χ1) is 10.7. The van der Waals surface area contributed by atoms with Gasteiger partial charge in [-0.2, -0.15) is 9.64 Å². The number of halogens is 2. The highest BCUT2D eigenvalue weighted by atomic mass is 35.5. The van der Waals surface area contributed by atoms with Gasteiger partial charge in [-0.3, -0.25) is 0 Å². The Kier molecular flexibility index (Phi) is 4.72. The van der Waals surface area contributed by atoms with Crippen LogP contribution < -0.4 is 9.64 Å². The van der Waals surface area contributed by atoms with E-state index in [1.165, 1.54) is 11.5 Å². The van der Waals surface area contributed by atoms with Crippen LogP contribution in [0.4, 0.5) is 5.00 Å². The highest BCUT2D eigenvalue weighted by Gasteiger charge is 2.25. The van der Waals surface area contributed by atoms with Crippen LogP contribution in [0, 0.1) is 11.3 Å². The molecule has 2 heterocycles. The van der Waals surface area contributed by atoms with E-state index in [2.05, 4.69) is 15.3 Å². The van der Waals surface area contributed by atoms with Gasteiger partial charge in [-0.05, 0) is 23.7 Å². The summed E-state index contributed by atoms with van der Waals surface area (Å²) in [6.45, 7) is 1.62. The van der Waals surface area contributed by atoms with E-state index in [-0.39, 0.29) is 11.3 Å². The topological polar surface area (TPSA) is 49.2 Å². The monoisotopic (exact) mass is 353 g/mol. The largest absolute Gasteiger partial charge is 0.489 e. The van der Waals surface area contributed by atoms with Gasteiger partial charge in [0.15, 0.2) is 5.15 Å². The lowest BCUT2D eigenvalue weighted by atomic mass is 10.1. The minimum absolute atomic E-state index is 0.130. The fourth-order valence-corrected chi connectivity index (χ4v) is 3.73. The Labute approximate surface area is 143 Å². The number of nitriles is 1. The van der Waals surface area contributed by atoms with Gasteiger partial charge in [0.2, 0.25) is 0 Å². The summed E-state index contributed by atoms with van der Waals surface area (Å²) in [5.41, 5.74) is 0.470. The third kappa shape index (κ3) is 3.14. The molecule has 0 N–H and O–H groups in total. The molecule has 114 valence electrons. The molecule has 0 bridgehead atoms. The molecule has 7 heteroatoms. The summed E-state index contributed by atoms with van der Waals surface area (Å²) in [6, 6.07) is 9.62. The summed E-state index contributed by atoms with van der Waals surface area (Å²) in [5, 5.41) is 10.9. The van der Waals surface area contributed by atoms with Gasteiger partial charge in [0.25, 0.3) is 0 Å². The van der Waals surface area contributed by atoms with E-state index in [1.54, 1.807) is 0 Å². The highest BCUT2D eigenvalue weighted by molar-refractivity contribution is 7.10. The van der Waals surface area contributed by atoms with Gasteiger partial charge < -0.3 is 9.64 Å². The first-order valence-corrected chi connectivity index (χ1v) is 8.43. The van der Waals surface area contributed by atoms with E-state index in [4.69, 9.17) is 33.2 Å². The van der Waals surface area contributed by atoms with Crippen LogP contribution in [0.25, 0.3) is 0 Å². The molecule has 0 spiro atoms. The van der Waals surface area contributed by atoms with Gasteiger partial charge in [0, 0.05) is 25.9 Å². The normalized spacial score (nSPS) is 15.6. The van der Waals surface area contributed by atoms with E-state index in [0.29, 0.717) is 10.6 Å². The summed E-state index contributed by atoms with van der Waals surface area (Å²) < 4.78 is 10.0. The van der Waals surface area contributed by atoms with Crippen molar-refractivity contribution < 1.29 is 4.74 Å². The maximum Gasteiger partial charge on any atom is 0.162 e. The molecule has 0 atom stereocenters. The van der Waals surface area contributed by atoms with Crippen LogP contribution in [0.2, 0.25) is 10.2 Å². The number of ether oxygens (including phenoxy) is 1. The second-order valence-electron chi connectivity index (χ2n) is 5.00. The van der Waals surface area contributed by atoms with Crippen LogP contribution in [-0.4, -0.2) is 23.6 Å². The highest BCUT2D eigenvalue weighted by Crippen LogP contribution is 2.34. The minimum Gasteiger partial charge on any atom is -0.489 e. The van der Waals surface area contributed by atoms with Crippen molar-refractivity contribution in [2.45, 2.75) is 18.9 Å². The zero-order chi connectivity index (χ0) is 15.5. The van der Waals surface area contributed by atoms with Gasteiger partial charge in [0.05, 0.1) is 5.02 Å². The van der Waals surface area contributed by atoms with E-state index in [1.807, 2.05) is 24.3 Å². The number of aromatic nitrogens is 1. The molecule has 1 aliphatic rings. The molecule has 22 heavy (non-hydrogen) atoms. The number of piperidine rings is 1. The molecule has 3 rings (SSSR count). The number of hydrogen-bond acceptors (Lipinski definition) is 5. The van der Waals surface area contributed by atoms with Crippen molar-refractivity contribution in [3.8, 4) is 11.8 Å². The smallest absolute Gasteiger partial charge is 0.162 e. The Balaban J connectivity index is 1.63. The molecule has 1 saturated heterocycles. The van der Waals surface area contributed by atoms with Crippen LogP contribution in [-0.2, 0) is 0 Å². The van der Waals surface area contributed by atoms with Gasteiger partial charge >= 0.3 is 0 Å². The lowest BCUT2D eigenvalue weighted by Crippen LogP contribution is -2.38. The lowest BCUT2D eigenvalue weighted by Gasteiger charge is -2.32. The second kappa shape index (κ2) is 6.74. The van der Waals surface area contributed by atoms with Crippen molar-refractivity contribution in [3.63, 3.8) is 0 Å². The fourth-order valence-electron chi connectivity index (χ4n) is 2.47. The first-order valence-electron chi connectivity index (χ1n) is 6.90. The average molecular weight is 354 g/mol. The Hall–Kier alpha value is -1.48. The second-order valence-corrected chi connectivity index (χ2v) is 6.52. The summed E-state index contributed by atoms with van der Waals surface area (Å²) in [7, 11) is 0. The van der Waals surface area contributed by atoms with Crippen molar-refractivity contribution in [2.75, 3.05) is 18.0 Å². The molecule has 0 saturated carbocycles. The average Bonchev–Trinajstić information content (AvgIpc) is 2.91.